The van der Waals surface area contributed by atoms with Gasteiger partial charge in [-0.25, -0.2) is 0 Å². The van der Waals surface area contributed by atoms with Gasteiger partial charge in [0.25, 0.3) is 0 Å². The Morgan fingerprint density at radius 3 is 2.44 bits per heavy atom. The molecule has 0 atom stereocenters. The number of carbonyl (C=O) groups excluding carboxylic acids is 1. The number of ether oxygens (including phenoxy) is 1. The highest BCUT2D eigenvalue weighted by atomic mass is 79.9. The summed E-state index contributed by atoms with van der Waals surface area (Å²) in [6, 6.07) is 18.9. The molecule has 3 nitrogen and oxygen atoms in total. The van der Waals surface area contributed by atoms with E-state index in [1.54, 1.807) is 0 Å². The van der Waals surface area contributed by atoms with Crippen molar-refractivity contribution in [1.29, 1.82) is 0 Å². The second kappa shape index (κ2) is 9.52. The zero-order valence-corrected chi connectivity index (χ0v) is 17.6. The van der Waals surface area contributed by atoms with Gasteiger partial charge in [0.05, 0.1) is 12.0 Å². The summed E-state index contributed by atoms with van der Waals surface area (Å²) in [7, 11) is 0. The molecule has 1 saturated heterocycles. The molecular formula is C23H28BrNO2. The maximum atomic E-state index is 12.8. The van der Waals surface area contributed by atoms with Crippen molar-refractivity contribution in [3.05, 3.63) is 70.2 Å². The molecule has 2 aromatic carbocycles. The van der Waals surface area contributed by atoms with E-state index in [1.807, 2.05) is 19.1 Å². The highest BCUT2D eigenvalue weighted by Crippen LogP contribution is 2.38. The van der Waals surface area contributed by atoms with Gasteiger partial charge in [0, 0.05) is 11.0 Å². The molecule has 0 amide bonds. The summed E-state index contributed by atoms with van der Waals surface area (Å²) in [5.41, 5.74) is 2.24. The molecule has 0 bridgehead atoms. The smallest absolute Gasteiger partial charge is 0.312 e. The third-order valence-corrected chi connectivity index (χ3v) is 6.05. The van der Waals surface area contributed by atoms with E-state index >= 15 is 0 Å². The number of aryl methyl sites for hydroxylation is 1. The third kappa shape index (κ3) is 5.43. The number of hydrogen-bond donors (Lipinski definition) is 0. The molecule has 3 rings (SSSR count). The fourth-order valence-corrected chi connectivity index (χ4v) is 4.34. The third-order valence-electron chi connectivity index (χ3n) is 5.55. The van der Waals surface area contributed by atoms with Crippen LogP contribution in [-0.2, 0) is 22.5 Å². The highest BCUT2D eigenvalue weighted by Gasteiger charge is 2.42. The summed E-state index contributed by atoms with van der Waals surface area (Å²) < 4.78 is 6.57. The molecule has 1 heterocycles. The zero-order valence-electron chi connectivity index (χ0n) is 16.0. The van der Waals surface area contributed by atoms with E-state index in [4.69, 9.17) is 4.74 Å². The average molecular weight is 430 g/mol. The number of carbonyl (C=O) groups is 1. The Kier molecular flexibility index (Phi) is 7.08. The Bertz CT molecular complexity index is 739. The van der Waals surface area contributed by atoms with Gasteiger partial charge >= 0.3 is 5.97 Å². The largest absolute Gasteiger partial charge is 0.466 e. The molecule has 144 valence electrons. The maximum Gasteiger partial charge on any atom is 0.312 e. The molecule has 1 aliphatic heterocycles. The van der Waals surface area contributed by atoms with Gasteiger partial charge in [-0.05, 0) is 69.0 Å². The minimum Gasteiger partial charge on any atom is -0.466 e. The Morgan fingerprint density at radius 2 is 1.78 bits per heavy atom. The van der Waals surface area contributed by atoms with Crippen molar-refractivity contribution in [1.82, 2.24) is 4.90 Å². The van der Waals surface area contributed by atoms with Crippen LogP contribution in [0.4, 0.5) is 0 Å². The minimum atomic E-state index is -0.356. The molecule has 0 radical (unpaired) electrons. The van der Waals surface area contributed by atoms with Gasteiger partial charge in [0.2, 0.25) is 0 Å². The molecule has 0 unspecified atom stereocenters. The lowest BCUT2D eigenvalue weighted by Crippen LogP contribution is -2.45. The first kappa shape index (κ1) is 20.1. The predicted octanol–water partition coefficient (Wildman–Crippen LogP) is 5.23. The van der Waals surface area contributed by atoms with Crippen molar-refractivity contribution in [2.24, 2.45) is 5.41 Å². The molecule has 0 saturated carbocycles. The Labute approximate surface area is 170 Å². The van der Waals surface area contributed by atoms with Crippen molar-refractivity contribution >= 4 is 21.9 Å². The van der Waals surface area contributed by atoms with E-state index in [0.717, 1.165) is 49.8 Å². The number of esters is 1. The molecule has 0 spiro atoms. The molecule has 0 N–H and O–H groups in total. The molecular weight excluding hydrogens is 402 g/mol. The van der Waals surface area contributed by atoms with Crippen LogP contribution in [0.5, 0.6) is 0 Å². The lowest BCUT2D eigenvalue weighted by atomic mass is 9.74. The summed E-state index contributed by atoms with van der Waals surface area (Å²) in [5.74, 6) is -0.0145. The number of nitrogens with zero attached hydrogens (tertiary/aromatic N) is 1. The normalized spacial score (nSPS) is 16.8. The molecule has 27 heavy (non-hydrogen) atoms. The SMILES string of the molecule is CCOC(=O)C1(CCc2cccc(Br)c2)CCN(Cc2ccccc2)CC1. The first-order chi connectivity index (χ1) is 13.1. The summed E-state index contributed by atoms with van der Waals surface area (Å²) in [5, 5.41) is 0. The van der Waals surface area contributed by atoms with Crippen LogP contribution in [0.15, 0.2) is 59.1 Å². The van der Waals surface area contributed by atoms with Gasteiger partial charge in [-0.3, -0.25) is 9.69 Å². The number of rotatable bonds is 7. The predicted molar refractivity (Wildman–Crippen MR) is 112 cm³/mol. The van der Waals surface area contributed by atoms with Crippen molar-refractivity contribution in [3.8, 4) is 0 Å². The van der Waals surface area contributed by atoms with Gasteiger partial charge in [-0.1, -0.05) is 58.4 Å². The van der Waals surface area contributed by atoms with Gasteiger partial charge in [-0.15, -0.1) is 0 Å². The Morgan fingerprint density at radius 1 is 1.07 bits per heavy atom. The fourth-order valence-electron chi connectivity index (χ4n) is 3.90. The van der Waals surface area contributed by atoms with Crippen LogP contribution in [0.2, 0.25) is 0 Å². The minimum absolute atomic E-state index is 0.0145. The lowest BCUT2D eigenvalue weighted by Gasteiger charge is -2.40. The van der Waals surface area contributed by atoms with Gasteiger partial charge in [0.1, 0.15) is 0 Å². The monoisotopic (exact) mass is 429 g/mol. The fraction of sp³-hybridized carbons (Fsp3) is 0.435. The molecule has 2 aromatic rings. The highest BCUT2D eigenvalue weighted by molar-refractivity contribution is 9.10. The van der Waals surface area contributed by atoms with Crippen molar-refractivity contribution in [2.75, 3.05) is 19.7 Å². The zero-order chi connectivity index (χ0) is 19.1. The van der Waals surface area contributed by atoms with E-state index < -0.39 is 0 Å². The van der Waals surface area contributed by atoms with Crippen LogP contribution >= 0.6 is 15.9 Å². The molecule has 1 fully saturated rings. The quantitative estimate of drug-likeness (QED) is 0.564. The van der Waals surface area contributed by atoms with Crippen LogP contribution in [0.1, 0.15) is 37.3 Å². The average Bonchev–Trinajstić information content (AvgIpc) is 2.69. The van der Waals surface area contributed by atoms with Crippen LogP contribution < -0.4 is 0 Å². The standard InChI is InChI=1S/C23H28BrNO2/c1-2-27-22(26)23(12-11-19-9-6-10-21(24)17-19)13-15-25(16-14-23)18-20-7-4-3-5-8-20/h3-10,17H,2,11-16,18H2,1H3. The van der Waals surface area contributed by atoms with Crippen molar-refractivity contribution in [2.45, 2.75) is 39.2 Å². The topological polar surface area (TPSA) is 29.5 Å². The number of hydrogen-bond acceptors (Lipinski definition) is 3. The lowest BCUT2D eigenvalue weighted by molar-refractivity contribution is -0.159. The molecule has 0 aliphatic carbocycles. The van der Waals surface area contributed by atoms with Crippen molar-refractivity contribution in [3.63, 3.8) is 0 Å². The first-order valence-electron chi connectivity index (χ1n) is 9.79. The summed E-state index contributed by atoms with van der Waals surface area (Å²) in [4.78, 5) is 15.3. The second-order valence-corrected chi connectivity index (χ2v) is 8.31. The van der Waals surface area contributed by atoms with Gasteiger partial charge in [0.15, 0.2) is 0 Å². The van der Waals surface area contributed by atoms with E-state index in [-0.39, 0.29) is 11.4 Å². The van der Waals surface area contributed by atoms with E-state index in [9.17, 15) is 4.79 Å². The molecule has 1 aliphatic rings. The van der Waals surface area contributed by atoms with Gasteiger partial charge < -0.3 is 4.74 Å². The van der Waals surface area contributed by atoms with Gasteiger partial charge in [-0.2, -0.15) is 0 Å². The molecule has 4 heteroatoms. The van der Waals surface area contributed by atoms with E-state index in [0.29, 0.717) is 6.61 Å². The van der Waals surface area contributed by atoms with E-state index in [2.05, 4.69) is 63.3 Å². The second-order valence-electron chi connectivity index (χ2n) is 7.39. The summed E-state index contributed by atoms with van der Waals surface area (Å²) in [6.45, 7) is 5.17. The van der Waals surface area contributed by atoms with Crippen molar-refractivity contribution < 1.29 is 9.53 Å². The summed E-state index contributed by atoms with van der Waals surface area (Å²) >= 11 is 3.54. The Hall–Kier alpha value is -1.65. The maximum absolute atomic E-state index is 12.8. The molecule has 0 aromatic heterocycles. The van der Waals surface area contributed by atoms with Crippen LogP contribution in [0.3, 0.4) is 0 Å². The number of piperidine rings is 1. The number of likely N-dealkylation sites (tertiary alicyclic amines) is 1. The summed E-state index contributed by atoms with van der Waals surface area (Å²) in [6.07, 6.45) is 3.48. The van der Waals surface area contributed by atoms with Crippen LogP contribution in [0, 0.1) is 5.41 Å². The number of halogens is 1. The Balaban J connectivity index is 1.64. The first-order valence-corrected chi connectivity index (χ1v) is 10.6. The van der Waals surface area contributed by atoms with Crippen LogP contribution in [0.25, 0.3) is 0 Å². The van der Waals surface area contributed by atoms with Crippen LogP contribution in [-0.4, -0.2) is 30.6 Å². The van der Waals surface area contributed by atoms with E-state index in [1.165, 1.54) is 11.1 Å². The number of benzene rings is 2.